The van der Waals surface area contributed by atoms with Gasteiger partial charge in [0.1, 0.15) is 0 Å². The third-order valence-corrected chi connectivity index (χ3v) is 4.20. The molecule has 1 N–H and O–H groups in total. The zero-order valence-electron chi connectivity index (χ0n) is 11.6. The number of amides is 1. The molecule has 1 aromatic carbocycles. The summed E-state index contributed by atoms with van der Waals surface area (Å²) in [5, 5.41) is 2.81. The largest absolute Gasteiger partial charge is 0.383 e. The molecule has 112 valence electrons. The van der Waals surface area contributed by atoms with Gasteiger partial charge in [0, 0.05) is 23.4 Å². The van der Waals surface area contributed by atoms with E-state index in [1.807, 2.05) is 13.8 Å². The summed E-state index contributed by atoms with van der Waals surface area (Å²) in [6.45, 7) is 4.31. The van der Waals surface area contributed by atoms with E-state index in [9.17, 15) is 13.2 Å². The molecule has 5 nitrogen and oxygen atoms in total. The van der Waals surface area contributed by atoms with Crippen LogP contribution in [0.25, 0.3) is 0 Å². The van der Waals surface area contributed by atoms with Crippen LogP contribution in [0.4, 0.5) is 0 Å². The third-order valence-electron chi connectivity index (χ3n) is 2.85. The Morgan fingerprint density at radius 2 is 2.05 bits per heavy atom. The molecule has 1 amide bonds. The maximum Gasteiger partial charge on any atom is 0.261 e. The maximum absolute atomic E-state index is 12.1. The molecule has 20 heavy (non-hydrogen) atoms. The van der Waals surface area contributed by atoms with Crippen molar-refractivity contribution in [1.82, 2.24) is 5.32 Å². The van der Waals surface area contributed by atoms with Crippen molar-refractivity contribution in [1.29, 1.82) is 0 Å². The molecule has 0 bridgehead atoms. The Balaban J connectivity index is 2.92. The molecular formula is C13H18ClNO4S. The second-order valence-corrected chi connectivity index (χ2v) is 7.31. The fourth-order valence-electron chi connectivity index (χ4n) is 1.62. The third kappa shape index (κ3) is 4.77. The van der Waals surface area contributed by atoms with Gasteiger partial charge in [-0.2, -0.15) is 0 Å². The van der Waals surface area contributed by atoms with Gasteiger partial charge in [-0.3, -0.25) is 4.79 Å². The van der Waals surface area contributed by atoms with Gasteiger partial charge in [0.15, 0.2) is 0 Å². The lowest BCUT2D eigenvalue weighted by atomic mass is 10.0. The highest BCUT2D eigenvalue weighted by Crippen LogP contribution is 2.16. The van der Waals surface area contributed by atoms with Gasteiger partial charge in [0.2, 0.25) is 0 Å². The zero-order valence-corrected chi connectivity index (χ0v) is 13.2. The van der Waals surface area contributed by atoms with Crippen LogP contribution in [0, 0.1) is 5.92 Å². The summed E-state index contributed by atoms with van der Waals surface area (Å²) < 4.78 is 27.6. The zero-order chi connectivity index (χ0) is 15.3. The number of benzene rings is 1. The first-order valence-electron chi connectivity index (χ1n) is 6.10. The predicted molar refractivity (Wildman–Crippen MR) is 77.4 cm³/mol. The van der Waals surface area contributed by atoms with Crippen LogP contribution in [0.5, 0.6) is 0 Å². The molecule has 0 aliphatic carbocycles. The van der Waals surface area contributed by atoms with Crippen molar-refractivity contribution in [3.05, 3.63) is 29.8 Å². The first-order valence-corrected chi connectivity index (χ1v) is 8.41. The van der Waals surface area contributed by atoms with Gasteiger partial charge in [-0.25, -0.2) is 8.42 Å². The summed E-state index contributed by atoms with van der Waals surface area (Å²) in [5.41, 5.74) is 0.244. The lowest BCUT2D eigenvalue weighted by Crippen LogP contribution is -2.41. The Labute approximate surface area is 123 Å². The fraction of sp³-hybridized carbons (Fsp3) is 0.462. The SMILES string of the molecule is COCC(NC(=O)c1cccc(S(=O)(=O)Cl)c1)C(C)C. The number of methoxy groups -OCH3 is 1. The maximum atomic E-state index is 12.1. The molecule has 0 spiro atoms. The Bertz CT molecular complexity index is 571. The van der Waals surface area contributed by atoms with Gasteiger partial charge < -0.3 is 10.1 Å². The van der Waals surface area contributed by atoms with E-state index >= 15 is 0 Å². The molecule has 0 saturated carbocycles. The van der Waals surface area contributed by atoms with Crippen LogP contribution < -0.4 is 5.32 Å². The van der Waals surface area contributed by atoms with Crippen LogP contribution in [0.3, 0.4) is 0 Å². The Morgan fingerprint density at radius 1 is 1.40 bits per heavy atom. The van der Waals surface area contributed by atoms with E-state index < -0.39 is 9.05 Å². The van der Waals surface area contributed by atoms with E-state index in [2.05, 4.69) is 5.32 Å². The van der Waals surface area contributed by atoms with Crippen molar-refractivity contribution in [2.24, 2.45) is 5.92 Å². The molecule has 0 saturated heterocycles. The molecule has 1 atom stereocenters. The number of hydrogen-bond donors (Lipinski definition) is 1. The van der Waals surface area contributed by atoms with E-state index in [4.69, 9.17) is 15.4 Å². The number of nitrogens with one attached hydrogen (secondary N) is 1. The molecule has 0 heterocycles. The van der Waals surface area contributed by atoms with E-state index in [0.717, 1.165) is 0 Å². The minimum absolute atomic E-state index is 0.0975. The van der Waals surface area contributed by atoms with Crippen molar-refractivity contribution in [3.63, 3.8) is 0 Å². The van der Waals surface area contributed by atoms with Gasteiger partial charge in [-0.15, -0.1) is 0 Å². The summed E-state index contributed by atoms with van der Waals surface area (Å²) in [6, 6.07) is 5.45. The summed E-state index contributed by atoms with van der Waals surface area (Å²) in [4.78, 5) is 12.0. The van der Waals surface area contributed by atoms with Crippen LogP contribution in [-0.2, 0) is 13.8 Å². The van der Waals surface area contributed by atoms with Gasteiger partial charge in [0.05, 0.1) is 17.5 Å². The average Bonchev–Trinajstić information content (AvgIpc) is 2.37. The van der Waals surface area contributed by atoms with E-state index in [1.54, 1.807) is 7.11 Å². The average molecular weight is 320 g/mol. The predicted octanol–water partition coefficient (Wildman–Crippen LogP) is 2.01. The second-order valence-electron chi connectivity index (χ2n) is 4.74. The minimum Gasteiger partial charge on any atom is -0.383 e. The topological polar surface area (TPSA) is 72.5 Å². The fourth-order valence-corrected chi connectivity index (χ4v) is 2.42. The molecular weight excluding hydrogens is 302 g/mol. The quantitative estimate of drug-likeness (QED) is 0.814. The highest BCUT2D eigenvalue weighted by atomic mass is 35.7. The number of hydrogen-bond acceptors (Lipinski definition) is 4. The smallest absolute Gasteiger partial charge is 0.261 e. The summed E-state index contributed by atoms with van der Waals surface area (Å²) in [5.74, 6) is -0.165. The molecule has 1 aromatic rings. The lowest BCUT2D eigenvalue weighted by Gasteiger charge is -2.21. The van der Waals surface area contributed by atoms with Gasteiger partial charge in [0.25, 0.3) is 15.0 Å². The van der Waals surface area contributed by atoms with Crippen molar-refractivity contribution in [2.45, 2.75) is 24.8 Å². The summed E-state index contributed by atoms with van der Waals surface area (Å²) >= 11 is 0. The Morgan fingerprint density at radius 3 is 2.55 bits per heavy atom. The Kier molecular flexibility index (Phi) is 5.98. The molecule has 0 fully saturated rings. The highest BCUT2D eigenvalue weighted by Gasteiger charge is 2.18. The van der Waals surface area contributed by atoms with Crippen molar-refractivity contribution >= 4 is 25.6 Å². The number of ether oxygens (including phenoxy) is 1. The van der Waals surface area contributed by atoms with Crippen LogP contribution in [0.15, 0.2) is 29.2 Å². The lowest BCUT2D eigenvalue weighted by molar-refractivity contribution is 0.0866. The molecule has 0 aliphatic heterocycles. The van der Waals surface area contributed by atoms with Gasteiger partial charge in [-0.1, -0.05) is 19.9 Å². The summed E-state index contributed by atoms with van der Waals surface area (Å²) in [7, 11) is 2.97. The molecule has 0 aliphatic rings. The Hall–Kier alpha value is -1.11. The van der Waals surface area contributed by atoms with E-state index in [-0.39, 0.29) is 28.3 Å². The molecule has 0 aromatic heterocycles. The second kappa shape index (κ2) is 7.06. The molecule has 7 heteroatoms. The monoisotopic (exact) mass is 319 g/mol. The molecule has 1 unspecified atom stereocenters. The first-order chi connectivity index (χ1) is 9.25. The number of carbonyl (C=O) groups is 1. The first kappa shape index (κ1) is 16.9. The van der Waals surface area contributed by atoms with Gasteiger partial charge in [-0.05, 0) is 24.1 Å². The minimum atomic E-state index is -3.85. The highest BCUT2D eigenvalue weighted by molar-refractivity contribution is 8.13. The van der Waals surface area contributed by atoms with Gasteiger partial charge >= 0.3 is 0 Å². The standard InChI is InChI=1S/C13H18ClNO4S/c1-9(2)12(8-19-3)15-13(16)10-5-4-6-11(7-10)20(14,17)18/h4-7,9,12H,8H2,1-3H3,(H,15,16). The van der Waals surface area contributed by atoms with Crippen molar-refractivity contribution in [2.75, 3.05) is 13.7 Å². The normalized spacial score (nSPS) is 13.2. The molecule has 0 radical (unpaired) electrons. The van der Waals surface area contributed by atoms with Crippen molar-refractivity contribution in [3.8, 4) is 0 Å². The van der Waals surface area contributed by atoms with Crippen LogP contribution in [0.1, 0.15) is 24.2 Å². The van der Waals surface area contributed by atoms with Crippen LogP contribution in [0.2, 0.25) is 0 Å². The number of rotatable bonds is 6. The molecule has 1 rings (SSSR count). The summed E-state index contributed by atoms with van der Waals surface area (Å²) in [6.07, 6.45) is 0. The van der Waals surface area contributed by atoms with Crippen molar-refractivity contribution < 1.29 is 17.9 Å². The number of carbonyl (C=O) groups excluding carboxylic acids is 1. The van der Waals surface area contributed by atoms with Crippen LogP contribution in [-0.4, -0.2) is 34.1 Å². The number of halogens is 1. The van der Waals surface area contributed by atoms with E-state index in [0.29, 0.717) is 6.61 Å². The van der Waals surface area contributed by atoms with Crippen LogP contribution >= 0.6 is 10.7 Å². The van der Waals surface area contributed by atoms with E-state index in [1.165, 1.54) is 24.3 Å².